The molecule has 1 unspecified atom stereocenters. The summed E-state index contributed by atoms with van der Waals surface area (Å²) >= 11 is 3.30. The topological polar surface area (TPSA) is 104 Å². The number of carbonyl (C=O) groups is 2. The summed E-state index contributed by atoms with van der Waals surface area (Å²) in [4.78, 5) is 23.8. The maximum Gasteiger partial charge on any atom is 0.315 e. The number of halogens is 1. The molecule has 3 N–H and O–H groups in total. The van der Waals surface area contributed by atoms with Gasteiger partial charge in [-0.2, -0.15) is 0 Å². The van der Waals surface area contributed by atoms with E-state index in [0.717, 1.165) is 4.47 Å². The van der Waals surface area contributed by atoms with Crippen molar-refractivity contribution in [1.82, 2.24) is 10.6 Å². The number of amides is 3. The van der Waals surface area contributed by atoms with Gasteiger partial charge in [0, 0.05) is 16.2 Å². The summed E-state index contributed by atoms with van der Waals surface area (Å²) in [6, 6.07) is 5.35. The van der Waals surface area contributed by atoms with Gasteiger partial charge < -0.3 is 16.0 Å². The highest BCUT2D eigenvalue weighted by atomic mass is 79.9. The molecule has 1 aliphatic rings. The molecule has 1 aromatic carbocycles. The van der Waals surface area contributed by atoms with Crippen molar-refractivity contribution in [3.63, 3.8) is 0 Å². The summed E-state index contributed by atoms with van der Waals surface area (Å²) in [6.45, 7) is 1.55. The molecule has 1 heterocycles. The van der Waals surface area contributed by atoms with Crippen LogP contribution >= 0.6 is 15.9 Å². The lowest BCUT2D eigenvalue weighted by Gasteiger charge is -2.17. The van der Waals surface area contributed by atoms with Gasteiger partial charge in [0.2, 0.25) is 5.91 Å². The Morgan fingerprint density at radius 1 is 1.26 bits per heavy atom. The lowest BCUT2D eigenvalue weighted by atomic mass is 10.2. The van der Waals surface area contributed by atoms with Crippen molar-refractivity contribution < 1.29 is 18.0 Å². The smallest absolute Gasteiger partial charge is 0.315 e. The molecule has 1 saturated heterocycles. The fraction of sp³-hybridized carbons (Fsp3) is 0.429. The van der Waals surface area contributed by atoms with Gasteiger partial charge in [-0.05, 0) is 37.6 Å². The van der Waals surface area contributed by atoms with Crippen LogP contribution in [0.3, 0.4) is 0 Å². The number of anilines is 1. The summed E-state index contributed by atoms with van der Waals surface area (Å²) in [6.07, 6.45) is 0.398. The molecule has 0 aromatic heterocycles. The summed E-state index contributed by atoms with van der Waals surface area (Å²) in [5.74, 6) is -0.334. The summed E-state index contributed by atoms with van der Waals surface area (Å²) in [7, 11) is -3.06. The van der Waals surface area contributed by atoms with Crippen molar-refractivity contribution in [2.45, 2.75) is 25.4 Å². The second-order valence-corrected chi connectivity index (χ2v) is 8.58. The highest BCUT2D eigenvalue weighted by molar-refractivity contribution is 9.10. The summed E-state index contributed by atoms with van der Waals surface area (Å²) < 4.78 is 23.6. The fourth-order valence-electron chi connectivity index (χ4n) is 2.18. The lowest BCUT2D eigenvalue weighted by Crippen LogP contribution is -2.49. The monoisotopic (exact) mass is 403 g/mol. The van der Waals surface area contributed by atoms with Gasteiger partial charge in [0.05, 0.1) is 11.5 Å². The minimum Gasteiger partial charge on any atom is -0.334 e. The molecule has 0 aliphatic carbocycles. The number of hydrogen-bond donors (Lipinski definition) is 3. The van der Waals surface area contributed by atoms with Crippen molar-refractivity contribution in [2.24, 2.45) is 0 Å². The minimum atomic E-state index is -3.06. The quantitative estimate of drug-likeness (QED) is 0.703. The normalized spacial score (nSPS) is 20.5. The third kappa shape index (κ3) is 5.51. The van der Waals surface area contributed by atoms with Crippen LogP contribution in [-0.2, 0) is 14.6 Å². The Bertz CT molecular complexity index is 690. The van der Waals surface area contributed by atoms with Crippen LogP contribution < -0.4 is 16.0 Å². The Morgan fingerprint density at radius 3 is 2.48 bits per heavy atom. The van der Waals surface area contributed by atoms with Crippen LogP contribution in [0.2, 0.25) is 0 Å². The molecule has 126 valence electrons. The number of nitrogens with one attached hydrogen (secondary N) is 3. The van der Waals surface area contributed by atoms with E-state index in [0.29, 0.717) is 12.1 Å². The zero-order chi connectivity index (χ0) is 17.0. The first-order valence-electron chi connectivity index (χ1n) is 7.09. The molecular weight excluding hydrogens is 386 g/mol. The van der Waals surface area contributed by atoms with E-state index in [1.165, 1.54) is 0 Å². The van der Waals surface area contributed by atoms with E-state index in [1.807, 2.05) is 0 Å². The highest BCUT2D eigenvalue weighted by Crippen LogP contribution is 2.14. The molecule has 0 bridgehead atoms. The number of benzene rings is 1. The lowest BCUT2D eigenvalue weighted by molar-refractivity contribution is -0.117. The largest absolute Gasteiger partial charge is 0.334 e. The average molecular weight is 404 g/mol. The molecule has 23 heavy (non-hydrogen) atoms. The average Bonchev–Trinajstić information content (AvgIpc) is 2.80. The second-order valence-electron chi connectivity index (χ2n) is 5.44. The minimum absolute atomic E-state index is 0.0557. The molecule has 9 heteroatoms. The predicted octanol–water partition coefficient (Wildman–Crippen LogP) is 1.26. The van der Waals surface area contributed by atoms with Crippen molar-refractivity contribution >= 4 is 43.4 Å². The summed E-state index contributed by atoms with van der Waals surface area (Å²) in [5, 5.41) is 7.76. The van der Waals surface area contributed by atoms with Gasteiger partial charge in [-0.25, -0.2) is 13.2 Å². The highest BCUT2D eigenvalue weighted by Gasteiger charge is 2.29. The second kappa shape index (κ2) is 7.31. The van der Waals surface area contributed by atoms with Gasteiger partial charge >= 0.3 is 6.03 Å². The van der Waals surface area contributed by atoms with Crippen LogP contribution in [0.1, 0.15) is 13.3 Å². The SMILES string of the molecule is C[C@H](NC(=O)NC1CCS(=O)(=O)C1)C(=O)Nc1ccc(Br)cc1. The van der Waals surface area contributed by atoms with Gasteiger partial charge in [-0.15, -0.1) is 0 Å². The Hall–Kier alpha value is -1.61. The Balaban J connectivity index is 1.81. The van der Waals surface area contributed by atoms with E-state index >= 15 is 0 Å². The molecular formula is C14H18BrN3O4S. The molecule has 0 radical (unpaired) electrons. The first-order valence-corrected chi connectivity index (χ1v) is 9.70. The maximum atomic E-state index is 12.0. The van der Waals surface area contributed by atoms with Crippen LogP contribution in [-0.4, -0.2) is 43.9 Å². The van der Waals surface area contributed by atoms with Crippen LogP contribution in [0.15, 0.2) is 28.7 Å². The molecule has 0 spiro atoms. The number of hydrogen-bond acceptors (Lipinski definition) is 4. The third-order valence-corrected chi connectivity index (χ3v) is 5.72. The van der Waals surface area contributed by atoms with Crippen molar-refractivity contribution in [3.8, 4) is 0 Å². The van der Waals surface area contributed by atoms with E-state index in [2.05, 4.69) is 31.9 Å². The Labute approximate surface area is 143 Å². The first kappa shape index (κ1) is 17.7. The first-order chi connectivity index (χ1) is 10.7. The van der Waals surface area contributed by atoms with Crippen LogP contribution in [0, 0.1) is 0 Å². The van der Waals surface area contributed by atoms with Gasteiger partial charge in [-0.3, -0.25) is 4.79 Å². The van der Waals surface area contributed by atoms with Gasteiger partial charge in [-0.1, -0.05) is 15.9 Å². The van der Waals surface area contributed by atoms with E-state index in [4.69, 9.17) is 0 Å². The third-order valence-electron chi connectivity index (χ3n) is 3.42. The molecule has 1 aliphatic heterocycles. The zero-order valence-corrected chi connectivity index (χ0v) is 14.9. The van der Waals surface area contributed by atoms with Crippen molar-refractivity contribution in [2.75, 3.05) is 16.8 Å². The van der Waals surface area contributed by atoms with E-state index < -0.39 is 28.0 Å². The van der Waals surface area contributed by atoms with Crippen LogP contribution in [0.4, 0.5) is 10.5 Å². The number of urea groups is 1. The van der Waals surface area contributed by atoms with Crippen molar-refractivity contribution in [3.05, 3.63) is 28.7 Å². The van der Waals surface area contributed by atoms with E-state index in [9.17, 15) is 18.0 Å². The maximum absolute atomic E-state index is 12.0. The fourth-order valence-corrected chi connectivity index (χ4v) is 4.12. The number of rotatable bonds is 4. The van der Waals surface area contributed by atoms with E-state index in [-0.39, 0.29) is 17.4 Å². The Morgan fingerprint density at radius 2 is 1.91 bits per heavy atom. The van der Waals surface area contributed by atoms with Gasteiger partial charge in [0.15, 0.2) is 9.84 Å². The zero-order valence-electron chi connectivity index (χ0n) is 12.5. The molecule has 1 aromatic rings. The molecule has 2 atom stereocenters. The molecule has 3 amide bonds. The molecule has 0 saturated carbocycles. The van der Waals surface area contributed by atoms with Gasteiger partial charge in [0.1, 0.15) is 6.04 Å². The predicted molar refractivity (Wildman–Crippen MR) is 91.0 cm³/mol. The van der Waals surface area contributed by atoms with Crippen LogP contribution in [0.5, 0.6) is 0 Å². The van der Waals surface area contributed by atoms with Gasteiger partial charge in [0.25, 0.3) is 0 Å². The number of sulfone groups is 1. The van der Waals surface area contributed by atoms with Crippen molar-refractivity contribution in [1.29, 1.82) is 0 Å². The summed E-state index contributed by atoms with van der Waals surface area (Å²) in [5.41, 5.74) is 0.620. The Kier molecular flexibility index (Phi) is 5.64. The number of carbonyl (C=O) groups excluding carboxylic acids is 2. The molecule has 1 fully saturated rings. The molecule has 7 nitrogen and oxygen atoms in total. The van der Waals surface area contributed by atoms with Crippen LogP contribution in [0.25, 0.3) is 0 Å². The van der Waals surface area contributed by atoms with E-state index in [1.54, 1.807) is 31.2 Å². The molecule has 2 rings (SSSR count). The standard InChI is InChI=1S/C14H18BrN3O4S/c1-9(13(19)17-11-4-2-10(15)3-5-11)16-14(20)18-12-6-7-23(21,22)8-12/h2-5,9,12H,6-8H2,1H3,(H,17,19)(H2,16,18,20)/t9-,12?/m0/s1.